The maximum Gasteiger partial charge on any atom is 0.290 e. The molecule has 2 aromatic heterocycles. The number of hydrogen-bond acceptors (Lipinski definition) is 5. The largest absolute Gasteiger partial charge is 0.290 e. The number of hydrazine groups is 1. The molecule has 0 atom stereocenters. The highest BCUT2D eigenvalue weighted by Crippen LogP contribution is 2.24. The number of fused-ring (bicyclic) bond motifs is 1. The van der Waals surface area contributed by atoms with E-state index in [2.05, 4.69) is 33.1 Å². The van der Waals surface area contributed by atoms with Crippen molar-refractivity contribution in [2.75, 3.05) is 0 Å². The van der Waals surface area contributed by atoms with Gasteiger partial charge in [-0.25, -0.2) is 9.78 Å². The van der Waals surface area contributed by atoms with Crippen LogP contribution in [-0.4, -0.2) is 31.8 Å². The van der Waals surface area contributed by atoms with Crippen molar-refractivity contribution >= 4 is 22.6 Å². The number of para-hydroxylation sites is 1. The van der Waals surface area contributed by atoms with Crippen molar-refractivity contribution in [2.45, 2.75) is 13.3 Å². The predicted molar refractivity (Wildman–Crippen MR) is 136 cm³/mol. The summed E-state index contributed by atoms with van der Waals surface area (Å²) < 4.78 is 1.62. The summed E-state index contributed by atoms with van der Waals surface area (Å²) in [6, 6.07) is 23.9. The second-order valence-corrected chi connectivity index (χ2v) is 8.08. The van der Waals surface area contributed by atoms with Crippen LogP contribution in [0.3, 0.4) is 0 Å². The fourth-order valence-corrected chi connectivity index (χ4v) is 3.89. The van der Waals surface area contributed by atoms with Crippen LogP contribution in [0.2, 0.25) is 0 Å². The van der Waals surface area contributed by atoms with Crippen molar-refractivity contribution in [3.8, 4) is 16.9 Å². The second kappa shape index (κ2) is 9.67. The molecule has 5 rings (SSSR count). The van der Waals surface area contributed by atoms with Crippen molar-refractivity contribution < 1.29 is 9.59 Å². The number of amides is 2. The van der Waals surface area contributed by atoms with Gasteiger partial charge in [-0.1, -0.05) is 67.6 Å². The SMILES string of the molecule is CCc1ccc(-c2nn(-c3ccccc3)cc2C(=O)NNC(=O)c2n[nH]c(=O)c3ccccc23)cc1. The van der Waals surface area contributed by atoms with Gasteiger partial charge in [-0.05, 0) is 30.2 Å². The van der Waals surface area contributed by atoms with Gasteiger partial charge in [0.05, 0.1) is 16.6 Å². The van der Waals surface area contributed by atoms with Crippen LogP contribution in [0.25, 0.3) is 27.7 Å². The minimum absolute atomic E-state index is 0.0131. The third kappa shape index (κ3) is 4.37. The Morgan fingerprint density at radius 2 is 1.53 bits per heavy atom. The molecular weight excluding hydrogens is 456 g/mol. The number of carbonyl (C=O) groups excluding carboxylic acids is 2. The third-order valence-electron chi connectivity index (χ3n) is 5.82. The van der Waals surface area contributed by atoms with Gasteiger partial charge in [-0.3, -0.25) is 25.2 Å². The molecule has 36 heavy (non-hydrogen) atoms. The fourth-order valence-electron chi connectivity index (χ4n) is 3.89. The Hall–Kier alpha value is -5.05. The van der Waals surface area contributed by atoms with Gasteiger partial charge in [0.15, 0.2) is 5.69 Å². The fraction of sp³-hybridized carbons (Fsp3) is 0.0741. The topological polar surface area (TPSA) is 122 Å². The first-order valence-corrected chi connectivity index (χ1v) is 11.4. The molecule has 0 saturated carbocycles. The first kappa shape index (κ1) is 22.7. The summed E-state index contributed by atoms with van der Waals surface area (Å²) in [4.78, 5) is 38.0. The molecule has 3 N–H and O–H groups in total. The van der Waals surface area contributed by atoms with Crippen molar-refractivity contribution in [1.82, 2.24) is 30.8 Å². The summed E-state index contributed by atoms with van der Waals surface area (Å²) in [6.07, 6.45) is 2.51. The number of H-pyrrole nitrogens is 1. The van der Waals surface area contributed by atoms with Crippen LogP contribution in [0.5, 0.6) is 0 Å². The van der Waals surface area contributed by atoms with E-state index in [0.29, 0.717) is 16.5 Å². The number of nitrogens with zero attached hydrogens (tertiary/aromatic N) is 3. The van der Waals surface area contributed by atoms with E-state index in [-0.39, 0.29) is 11.3 Å². The molecule has 0 unspecified atom stereocenters. The number of carbonyl (C=O) groups is 2. The Morgan fingerprint density at radius 3 is 2.25 bits per heavy atom. The van der Waals surface area contributed by atoms with Gasteiger partial charge in [-0.15, -0.1) is 0 Å². The molecule has 0 aliphatic heterocycles. The summed E-state index contributed by atoms with van der Waals surface area (Å²) in [5.41, 5.74) is 7.91. The van der Waals surface area contributed by atoms with Gasteiger partial charge in [-0.2, -0.15) is 10.2 Å². The Balaban J connectivity index is 1.44. The number of aromatic amines is 1. The molecule has 9 heteroatoms. The lowest BCUT2D eigenvalue weighted by atomic mass is 10.0. The van der Waals surface area contributed by atoms with Crippen LogP contribution in [0.15, 0.2) is 89.9 Å². The van der Waals surface area contributed by atoms with Crippen LogP contribution < -0.4 is 16.4 Å². The van der Waals surface area contributed by atoms with Crippen LogP contribution in [0.1, 0.15) is 33.3 Å². The van der Waals surface area contributed by atoms with Crippen LogP contribution in [0.4, 0.5) is 0 Å². The summed E-state index contributed by atoms with van der Waals surface area (Å²) in [6.45, 7) is 2.07. The van der Waals surface area contributed by atoms with E-state index >= 15 is 0 Å². The lowest BCUT2D eigenvalue weighted by Crippen LogP contribution is -2.42. The quantitative estimate of drug-likeness (QED) is 0.334. The zero-order valence-electron chi connectivity index (χ0n) is 19.4. The number of aromatic nitrogens is 4. The minimum atomic E-state index is -0.667. The molecule has 0 spiro atoms. The molecule has 0 aliphatic carbocycles. The lowest BCUT2D eigenvalue weighted by molar-refractivity contribution is 0.0844. The van der Waals surface area contributed by atoms with Crippen LogP contribution >= 0.6 is 0 Å². The molecular formula is C27H22N6O3. The van der Waals surface area contributed by atoms with Crippen molar-refractivity contribution in [3.63, 3.8) is 0 Å². The zero-order chi connectivity index (χ0) is 25.1. The molecule has 0 saturated heterocycles. The normalized spacial score (nSPS) is 10.8. The molecule has 2 heterocycles. The first-order chi connectivity index (χ1) is 17.5. The number of rotatable bonds is 5. The standard InChI is InChI=1S/C27H22N6O3/c1-2-17-12-14-18(15-13-17)23-22(16-33(32-23)19-8-4-3-5-9-19)26(35)30-31-27(36)24-20-10-6-7-11-21(20)25(34)29-28-24/h3-16H,2H2,1H3,(H,29,34)(H,30,35)(H,31,36). The average Bonchev–Trinajstić information content (AvgIpc) is 3.38. The molecule has 0 aliphatic rings. The highest BCUT2D eigenvalue weighted by Gasteiger charge is 2.21. The lowest BCUT2D eigenvalue weighted by Gasteiger charge is -2.08. The van der Waals surface area contributed by atoms with E-state index in [4.69, 9.17) is 0 Å². The average molecular weight is 479 g/mol. The first-order valence-electron chi connectivity index (χ1n) is 11.4. The van der Waals surface area contributed by atoms with Crippen LogP contribution in [-0.2, 0) is 6.42 Å². The van der Waals surface area contributed by atoms with E-state index in [0.717, 1.165) is 17.7 Å². The van der Waals surface area contributed by atoms with Gasteiger partial charge in [0.25, 0.3) is 17.4 Å². The van der Waals surface area contributed by atoms with E-state index in [1.54, 1.807) is 35.1 Å². The molecule has 5 aromatic rings. The highest BCUT2D eigenvalue weighted by atomic mass is 16.2. The molecule has 0 bridgehead atoms. The van der Waals surface area contributed by atoms with Crippen molar-refractivity contribution in [1.29, 1.82) is 0 Å². The molecule has 178 valence electrons. The number of hydrogen-bond donors (Lipinski definition) is 3. The molecule has 0 radical (unpaired) electrons. The smallest absolute Gasteiger partial charge is 0.267 e. The van der Waals surface area contributed by atoms with Gasteiger partial charge in [0.2, 0.25) is 0 Å². The Bertz CT molecular complexity index is 1620. The summed E-state index contributed by atoms with van der Waals surface area (Å²) in [7, 11) is 0. The van der Waals surface area contributed by atoms with Crippen LogP contribution in [0, 0.1) is 0 Å². The van der Waals surface area contributed by atoms with Crippen molar-refractivity contribution in [3.05, 3.63) is 112 Å². The van der Waals surface area contributed by atoms with Crippen molar-refractivity contribution in [2.24, 2.45) is 0 Å². The molecule has 3 aromatic carbocycles. The third-order valence-corrected chi connectivity index (χ3v) is 5.82. The van der Waals surface area contributed by atoms with Gasteiger partial charge >= 0.3 is 0 Å². The Morgan fingerprint density at radius 1 is 0.861 bits per heavy atom. The van der Waals surface area contributed by atoms with E-state index in [9.17, 15) is 14.4 Å². The number of benzene rings is 3. The molecule has 2 amide bonds. The summed E-state index contributed by atoms with van der Waals surface area (Å²) in [5.74, 6) is -1.21. The second-order valence-electron chi connectivity index (χ2n) is 8.08. The predicted octanol–water partition coefficient (Wildman–Crippen LogP) is 3.41. The van der Waals surface area contributed by atoms with E-state index in [1.165, 1.54) is 5.56 Å². The van der Waals surface area contributed by atoms with E-state index in [1.807, 2.05) is 54.6 Å². The van der Waals surface area contributed by atoms with Gasteiger partial charge < -0.3 is 0 Å². The number of aryl methyl sites for hydroxylation is 1. The monoisotopic (exact) mass is 478 g/mol. The number of nitrogens with one attached hydrogen (secondary N) is 3. The Kier molecular flexibility index (Phi) is 6.10. The van der Waals surface area contributed by atoms with Gasteiger partial charge in [0.1, 0.15) is 5.69 Å². The minimum Gasteiger partial charge on any atom is -0.267 e. The Labute approximate surface area is 205 Å². The van der Waals surface area contributed by atoms with E-state index < -0.39 is 17.4 Å². The maximum atomic E-state index is 13.2. The molecule has 0 fully saturated rings. The van der Waals surface area contributed by atoms with Gasteiger partial charge in [0, 0.05) is 17.1 Å². The maximum absolute atomic E-state index is 13.2. The highest BCUT2D eigenvalue weighted by molar-refractivity contribution is 6.06. The summed E-state index contributed by atoms with van der Waals surface area (Å²) >= 11 is 0. The zero-order valence-corrected chi connectivity index (χ0v) is 19.4. The summed E-state index contributed by atoms with van der Waals surface area (Å²) in [5, 5.41) is 11.5. The molecule has 9 nitrogen and oxygen atoms in total.